The molecule has 0 N–H and O–H groups in total. The number of nitro benzene ring substituents is 1. The minimum Gasteiger partial charge on any atom is -0.466 e. The third-order valence-electron chi connectivity index (χ3n) is 3.59. The van der Waals surface area contributed by atoms with Crippen molar-refractivity contribution in [1.29, 1.82) is 0 Å². The molecule has 9 heteroatoms. The summed E-state index contributed by atoms with van der Waals surface area (Å²) in [6.45, 7) is 3.64. The van der Waals surface area contributed by atoms with Gasteiger partial charge in [0.25, 0.3) is 5.69 Å². The van der Waals surface area contributed by atoms with Crippen molar-refractivity contribution in [2.24, 2.45) is 0 Å². The average molecular weight is 338 g/mol. The molecular formula is C15H18N2O7. The van der Waals surface area contributed by atoms with Gasteiger partial charge in [-0.1, -0.05) is 0 Å². The van der Waals surface area contributed by atoms with Gasteiger partial charge in [0.1, 0.15) is 5.56 Å². The Kier molecular flexibility index (Phi) is 5.69. The number of ether oxygens (including phenoxy) is 3. The van der Waals surface area contributed by atoms with Crippen molar-refractivity contribution in [3.63, 3.8) is 0 Å². The molecule has 0 aromatic heterocycles. The first-order valence-corrected chi connectivity index (χ1v) is 7.34. The number of nitro groups is 1. The van der Waals surface area contributed by atoms with E-state index >= 15 is 0 Å². The summed E-state index contributed by atoms with van der Waals surface area (Å²) in [6, 6.07) is 4.23. The highest BCUT2D eigenvalue weighted by atomic mass is 16.6. The number of benzene rings is 1. The number of carbonyl (C=O) groups excluding carboxylic acids is 2. The number of esters is 2. The maximum Gasteiger partial charge on any atom is 0.346 e. The number of anilines is 1. The summed E-state index contributed by atoms with van der Waals surface area (Å²) in [5.41, 5.74) is 0.0652. The fourth-order valence-corrected chi connectivity index (χ4v) is 2.30. The summed E-state index contributed by atoms with van der Waals surface area (Å²) < 4.78 is 14.7. The summed E-state index contributed by atoms with van der Waals surface area (Å²) in [7, 11) is 1.16. The maximum absolute atomic E-state index is 12.3. The highest BCUT2D eigenvalue weighted by Crippen LogP contribution is 2.26. The maximum atomic E-state index is 12.3. The van der Waals surface area contributed by atoms with Crippen molar-refractivity contribution in [3.8, 4) is 0 Å². The smallest absolute Gasteiger partial charge is 0.346 e. The molecule has 130 valence electrons. The number of nitrogens with zero attached hydrogens (tertiary/aromatic N) is 2. The molecule has 1 aliphatic rings. The van der Waals surface area contributed by atoms with Gasteiger partial charge in [-0.2, -0.15) is 0 Å². The lowest BCUT2D eigenvalue weighted by molar-refractivity contribution is -0.385. The van der Waals surface area contributed by atoms with Crippen LogP contribution in [0.5, 0.6) is 0 Å². The Hall–Kier alpha value is -2.68. The van der Waals surface area contributed by atoms with Crippen LogP contribution < -0.4 is 4.90 Å². The molecule has 0 amide bonds. The van der Waals surface area contributed by atoms with E-state index in [4.69, 9.17) is 9.47 Å². The van der Waals surface area contributed by atoms with Gasteiger partial charge in [0.2, 0.25) is 0 Å². The molecule has 0 aliphatic carbocycles. The molecule has 1 saturated heterocycles. The molecule has 1 aliphatic heterocycles. The second-order valence-corrected chi connectivity index (χ2v) is 5.13. The predicted octanol–water partition coefficient (Wildman–Crippen LogP) is 1.15. The zero-order valence-electron chi connectivity index (χ0n) is 13.4. The van der Waals surface area contributed by atoms with Gasteiger partial charge in [-0.05, 0) is 19.1 Å². The van der Waals surface area contributed by atoms with E-state index in [1.54, 1.807) is 6.07 Å². The Labute approximate surface area is 138 Å². The van der Waals surface area contributed by atoms with Crippen LogP contribution >= 0.6 is 0 Å². The zero-order valence-corrected chi connectivity index (χ0v) is 13.4. The highest BCUT2D eigenvalue weighted by Gasteiger charge is 2.27. The monoisotopic (exact) mass is 338 g/mol. The topological polar surface area (TPSA) is 108 Å². The second kappa shape index (κ2) is 7.73. The van der Waals surface area contributed by atoms with Gasteiger partial charge in [-0.3, -0.25) is 10.1 Å². The van der Waals surface area contributed by atoms with Crippen LogP contribution in [-0.4, -0.2) is 56.4 Å². The molecule has 1 atom stereocenters. The van der Waals surface area contributed by atoms with Crippen LogP contribution in [0, 0.1) is 10.1 Å². The number of hydrogen-bond acceptors (Lipinski definition) is 8. The Bertz CT molecular complexity index is 641. The van der Waals surface area contributed by atoms with E-state index in [2.05, 4.69) is 4.74 Å². The third-order valence-corrected chi connectivity index (χ3v) is 3.59. The molecule has 1 heterocycles. The van der Waals surface area contributed by atoms with Crippen LogP contribution in [0.15, 0.2) is 18.2 Å². The summed E-state index contributed by atoms with van der Waals surface area (Å²) in [5.74, 6) is -1.69. The minimum absolute atomic E-state index is 0.209. The van der Waals surface area contributed by atoms with Gasteiger partial charge in [-0.15, -0.1) is 0 Å². The summed E-state index contributed by atoms with van der Waals surface area (Å²) in [6.07, 6.45) is -1.16. The first kappa shape index (κ1) is 17.7. The molecule has 0 unspecified atom stereocenters. The Balaban J connectivity index is 2.28. The van der Waals surface area contributed by atoms with Crippen LogP contribution in [0.1, 0.15) is 17.3 Å². The van der Waals surface area contributed by atoms with Crippen LogP contribution in [0.4, 0.5) is 11.4 Å². The number of carbonyl (C=O) groups is 2. The van der Waals surface area contributed by atoms with Crippen molar-refractivity contribution in [3.05, 3.63) is 33.9 Å². The van der Waals surface area contributed by atoms with Crippen molar-refractivity contribution in [1.82, 2.24) is 0 Å². The fraction of sp³-hybridized carbons (Fsp3) is 0.467. The van der Waals surface area contributed by atoms with Crippen molar-refractivity contribution in [2.45, 2.75) is 13.0 Å². The molecule has 9 nitrogen and oxygen atoms in total. The van der Waals surface area contributed by atoms with E-state index < -0.39 is 23.0 Å². The molecule has 2 rings (SSSR count). The quantitative estimate of drug-likeness (QED) is 0.447. The first-order chi connectivity index (χ1) is 11.4. The van der Waals surface area contributed by atoms with Gasteiger partial charge in [-0.25, -0.2) is 9.59 Å². The average Bonchev–Trinajstić information content (AvgIpc) is 2.60. The molecule has 1 aromatic carbocycles. The summed E-state index contributed by atoms with van der Waals surface area (Å²) in [5, 5.41) is 11.2. The van der Waals surface area contributed by atoms with Gasteiger partial charge < -0.3 is 19.1 Å². The normalized spacial score (nSPS) is 15.5. The summed E-state index contributed by atoms with van der Waals surface area (Å²) >= 11 is 0. The molecule has 0 spiro atoms. The molecule has 24 heavy (non-hydrogen) atoms. The molecule has 0 radical (unpaired) electrons. The summed E-state index contributed by atoms with van der Waals surface area (Å²) in [4.78, 5) is 36.1. The molecule has 1 fully saturated rings. The molecular weight excluding hydrogens is 320 g/mol. The standard InChI is InChI=1S/C15H18N2O7/c1-10(14(18)22-2)24-15(19)12-9-11(3-4-13(12)17(20)21)16-5-7-23-8-6-16/h3-4,9-10H,5-8H2,1-2H3/t10-/m1/s1. The lowest BCUT2D eigenvalue weighted by atomic mass is 10.1. The second-order valence-electron chi connectivity index (χ2n) is 5.13. The zero-order chi connectivity index (χ0) is 17.7. The largest absolute Gasteiger partial charge is 0.466 e. The number of methoxy groups -OCH3 is 1. The van der Waals surface area contributed by atoms with E-state index in [0.717, 1.165) is 7.11 Å². The van der Waals surface area contributed by atoms with E-state index in [0.29, 0.717) is 32.0 Å². The number of hydrogen-bond donors (Lipinski definition) is 0. The van der Waals surface area contributed by atoms with Gasteiger partial charge in [0, 0.05) is 24.8 Å². The van der Waals surface area contributed by atoms with Crippen LogP contribution in [0.2, 0.25) is 0 Å². The molecule has 0 saturated carbocycles. The Morgan fingerprint density at radius 2 is 2.00 bits per heavy atom. The van der Waals surface area contributed by atoms with E-state index in [1.807, 2.05) is 4.90 Å². The SMILES string of the molecule is COC(=O)[C@@H](C)OC(=O)c1cc(N2CCOCC2)ccc1[N+](=O)[O-]. The lowest BCUT2D eigenvalue weighted by Gasteiger charge is -2.29. The van der Waals surface area contributed by atoms with E-state index in [9.17, 15) is 19.7 Å². The molecule has 0 bridgehead atoms. The minimum atomic E-state index is -1.16. The van der Waals surface area contributed by atoms with Crippen LogP contribution in [0.25, 0.3) is 0 Å². The van der Waals surface area contributed by atoms with E-state index in [-0.39, 0.29) is 11.3 Å². The number of rotatable bonds is 5. The van der Waals surface area contributed by atoms with Gasteiger partial charge >= 0.3 is 11.9 Å². The lowest BCUT2D eigenvalue weighted by Crippen LogP contribution is -2.36. The Morgan fingerprint density at radius 3 is 2.58 bits per heavy atom. The van der Waals surface area contributed by atoms with Crippen molar-refractivity contribution < 1.29 is 28.7 Å². The number of morpholine rings is 1. The van der Waals surface area contributed by atoms with Crippen LogP contribution in [0.3, 0.4) is 0 Å². The van der Waals surface area contributed by atoms with Crippen molar-refractivity contribution in [2.75, 3.05) is 38.3 Å². The first-order valence-electron chi connectivity index (χ1n) is 7.34. The van der Waals surface area contributed by atoms with Gasteiger partial charge in [0.05, 0.1) is 25.2 Å². The van der Waals surface area contributed by atoms with Gasteiger partial charge in [0.15, 0.2) is 6.10 Å². The van der Waals surface area contributed by atoms with Crippen molar-refractivity contribution >= 4 is 23.3 Å². The Morgan fingerprint density at radius 1 is 1.33 bits per heavy atom. The highest BCUT2D eigenvalue weighted by molar-refractivity contribution is 5.96. The third kappa shape index (κ3) is 3.99. The van der Waals surface area contributed by atoms with E-state index in [1.165, 1.54) is 19.1 Å². The van der Waals surface area contributed by atoms with Crippen LogP contribution in [-0.2, 0) is 19.0 Å². The fourth-order valence-electron chi connectivity index (χ4n) is 2.30. The molecule has 1 aromatic rings. The predicted molar refractivity (Wildman–Crippen MR) is 83.0 cm³/mol.